The van der Waals surface area contributed by atoms with Gasteiger partial charge in [-0.3, -0.25) is 0 Å². The standard InChI is InChI=1S/C19H22N8/c1-24(2)27-18(25-16-10-5-3-8-14(16)20-22-25)12-7-13-19(27)26-17-11-6-4-9-15(17)21-23-26/h3-6,8-11,18-19H,7,12-13H2,1-2H3. The average molecular weight is 362 g/mol. The van der Waals surface area contributed by atoms with Gasteiger partial charge in [0.05, 0.1) is 11.0 Å². The summed E-state index contributed by atoms with van der Waals surface area (Å²) < 4.78 is 4.08. The van der Waals surface area contributed by atoms with Crippen molar-refractivity contribution in [2.75, 3.05) is 14.1 Å². The molecule has 0 spiro atoms. The zero-order chi connectivity index (χ0) is 18.4. The summed E-state index contributed by atoms with van der Waals surface area (Å²) in [6, 6.07) is 16.2. The number of hydrogen-bond acceptors (Lipinski definition) is 6. The second kappa shape index (κ2) is 6.40. The van der Waals surface area contributed by atoms with Gasteiger partial charge < -0.3 is 0 Å². The van der Waals surface area contributed by atoms with Crippen LogP contribution in [0.3, 0.4) is 0 Å². The molecule has 4 aromatic rings. The molecule has 27 heavy (non-hydrogen) atoms. The lowest BCUT2D eigenvalue weighted by atomic mass is 10.1. The molecule has 1 fully saturated rings. The van der Waals surface area contributed by atoms with Crippen molar-refractivity contribution in [1.29, 1.82) is 0 Å². The van der Waals surface area contributed by atoms with E-state index in [0.29, 0.717) is 0 Å². The Bertz CT molecular complexity index is 999. The lowest BCUT2D eigenvalue weighted by molar-refractivity contribution is -0.141. The molecule has 0 N–H and O–H groups in total. The molecule has 1 saturated heterocycles. The van der Waals surface area contributed by atoms with Crippen molar-refractivity contribution in [3.8, 4) is 0 Å². The van der Waals surface area contributed by atoms with Crippen LogP contribution in [0, 0.1) is 0 Å². The van der Waals surface area contributed by atoms with E-state index in [0.717, 1.165) is 41.3 Å². The second-order valence-corrected chi connectivity index (χ2v) is 7.16. The van der Waals surface area contributed by atoms with E-state index in [-0.39, 0.29) is 12.3 Å². The maximum atomic E-state index is 4.48. The van der Waals surface area contributed by atoms with E-state index >= 15 is 0 Å². The van der Waals surface area contributed by atoms with Gasteiger partial charge >= 0.3 is 0 Å². The third kappa shape index (κ3) is 2.60. The van der Waals surface area contributed by atoms with Crippen LogP contribution in [0.5, 0.6) is 0 Å². The highest BCUT2D eigenvalue weighted by atomic mass is 15.7. The van der Waals surface area contributed by atoms with Gasteiger partial charge in [0, 0.05) is 14.1 Å². The molecule has 0 saturated carbocycles. The SMILES string of the molecule is CN(C)N1C(n2nnc3ccccc32)CCCC1n1nnc2ccccc21. The Hall–Kier alpha value is -2.84. The molecule has 0 amide bonds. The minimum Gasteiger partial charge on any atom is -0.244 e. The van der Waals surface area contributed by atoms with Gasteiger partial charge in [-0.05, 0) is 43.5 Å². The van der Waals surface area contributed by atoms with Crippen molar-refractivity contribution in [1.82, 2.24) is 40.0 Å². The maximum Gasteiger partial charge on any atom is 0.121 e. The minimum absolute atomic E-state index is 0.0779. The van der Waals surface area contributed by atoms with Crippen molar-refractivity contribution < 1.29 is 0 Å². The quantitative estimate of drug-likeness (QED) is 0.558. The Morgan fingerprint density at radius 2 is 1.26 bits per heavy atom. The number of para-hydroxylation sites is 2. The van der Waals surface area contributed by atoms with E-state index in [1.54, 1.807) is 0 Å². The van der Waals surface area contributed by atoms with Crippen LogP contribution in [0.4, 0.5) is 0 Å². The van der Waals surface area contributed by atoms with Crippen molar-refractivity contribution in [2.45, 2.75) is 31.6 Å². The lowest BCUT2D eigenvalue weighted by Gasteiger charge is -2.44. The Balaban J connectivity index is 1.61. The Morgan fingerprint density at radius 3 is 1.74 bits per heavy atom. The Kier molecular flexibility index (Phi) is 3.87. The number of nitrogens with zero attached hydrogens (tertiary/aromatic N) is 8. The van der Waals surface area contributed by atoms with Gasteiger partial charge in [-0.15, -0.1) is 10.2 Å². The molecule has 0 radical (unpaired) electrons. The number of hydrazine groups is 1. The summed E-state index contributed by atoms with van der Waals surface area (Å²) in [6.45, 7) is 0. The normalized spacial score (nSPS) is 21.4. The van der Waals surface area contributed by atoms with Gasteiger partial charge in [-0.25, -0.2) is 14.4 Å². The summed E-state index contributed by atoms with van der Waals surface area (Å²) >= 11 is 0. The molecule has 8 heteroatoms. The predicted octanol–water partition coefficient (Wildman–Crippen LogP) is 2.84. The summed E-state index contributed by atoms with van der Waals surface area (Å²) in [4.78, 5) is 0. The van der Waals surface area contributed by atoms with Crippen LogP contribution >= 0.6 is 0 Å². The first-order chi connectivity index (χ1) is 13.2. The summed E-state index contributed by atoms with van der Waals surface area (Å²) in [5.74, 6) is 0. The Morgan fingerprint density at radius 1 is 0.778 bits per heavy atom. The van der Waals surface area contributed by atoms with Crippen LogP contribution in [-0.4, -0.2) is 54.1 Å². The molecule has 2 aromatic carbocycles. The smallest absolute Gasteiger partial charge is 0.121 e. The monoisotopic (exact) mass is 362 g/mol. The number of benzene rings is 2. The third-order valence-electron chi connectivity index (χ3n) is 5.32. The zero-order valence-corrected chi connectivity index (χ0v) is 15.5. The molecule has 2 unspecified atom stereocenters. The van der Waals surface area contributed by atoms with E-state index in [1.807, 2.05) is 45.8 Å². The van der Waals surface area contributed by atoms with Gasteiger partial charge in [0.1, 0.15) is 23.4 Å². The lowest BCUT2D eigenvalue weighted by Crippen LogP contribution is -2.49. The number of aromatic nitrogens is 6. The van der Waals surface area contributed by atoms with E-state index in [2.05, 4.69) is 56.9 Å². The van der Waals surface area contributed by atoms with E-state index in [9.17, 15) is 0 Å². The van der Waals surface area contributed by atoms with Crippen LogP contribution in [0.1, 0.15) is 31.6 Å². The van der Waals surface area contributed by atoms with Crippen LogP contribution in [0.15, 0.2) is 48.5 Å². The third-order valence-corrected chi connectivity index (χ3v) is 5.32. The molecule has 2 atom stereocenters. The molecule has 5 rings (SSSR count). The summed E-state index contributed by atoms with van der Waals surface area (Å²) in [5, 5.41) is 22.2. The summed E-state index contributed by atoms with van der Waals surface area (Å²) in [6.07, 6.45) is 3.26. The van der Waals surface area contributed by atoms with Gasteiger partial charge in [-0.1, -0.05) is 34.7 Å². The van der Waals surface area contributed by atoms with Gasteiger partial charge in [0.2, 0.25) is 0 Å². The summed E-state index contributed by atoms with van der Waals surface area (Å²) in [7, 11) is 4.15. The fourth-order valence-corrected chi connectivity index (χ4v) is 4.16. The predicted molar refractivity (Wildman–Crippen MR) is 103 cm³/mol. The van der Waals surface area contributed by atoms with Gasteiger partial charge in [-0.2, -0.15) is 5.01 Å². The van der Waals surface area contributed by atoms with Crippen molar-refractivity contribution in [3.63, 3.8) is 0 Å². The van der Waals surface area contributed by atoms with Crippen LogP contribution in [0.25, 0.3) is 22.1 Å². The first kappa shape index (κ1) is 16.3. The molecule has 2 aromatic heterocycles. The molecular weight excluding hydrogens is 340 g/mol. The maximum absolute atomic E-state index is 4.48. The van der Waals surface area contributed by atoms with E-state index < -0.39 is 0 Å². The molecule has 3 heterocycles. The second-order valence-electron chi connectivity index (χ2n) is 7.16. The van der Waals surface area contributed by atoms with E-state index in [4.69, 9.17) is 0 Å². The molecule has 1 aliphatic heterocycles. The molecule has 1 aliphatic rings. The molecular formula is C19H22N8. The highest BCUT2D eigenvalue weighted by Crippen LogP contribution is 2.38. The molecule has 0 aliphatic carbocycles. The number of hydrogen-bond donors (Lipinski definition) is 0. The topological polar surface area (TPSA) is 67.9 Å². The highest BCUT2D eigenvalue weighted by Gasteiger charge is 2.37. The Labute approximate surface area is 156 Å². The first-order valence-electron chi connectivity index (χ1n) is 9.29. The zero-order valence-electron chi connectivity index (χ0n) is 15.5. The highest BCUT2D eigenvalue weighted by molar-refractivity contribution is 5.74. The fourth-order valence-electron chi connectivity index (χ4n) is 4.16. The molecule has 0 bridgehead atoms. The van der Waals surface area contributed by atoms with Crippen LogP contribution in [0.2, 0.25) is 0 Å². The molecule has 138 valence electrons. The van der Waals surface area contributed by atoms with Crippen molar-refractivity contribution in [3.05, 3.63) is 48.5 Å². The number of fused-ring (bicyclic) bond motifs is 2. The first-order valence-corrected chi connectivity index (χ1v) is 9.29. The largest absolute Gasteiger partial charge is 0.244 e. The van der Waals surface area contributed by atoms with Crippen LogP contribution < -0.4 is 0 Å². The van der Waals surface area contributed by atoms with Crippen molar-refractivity contribution in [2.24, 2.45) is 0 Å². The number of piperidine rings is 1. The average Bonchev–Trinajstić information content (AvgIpc) is 3.31. The van der Waals surface area contributed by atoms with Gasteiger partial charge in [0.15, 0.2) is 0 Å². The van der Waals surface area contributed by atoms with Gasteiger partial charge in [0.25, 0.3) is 0 Å². The fraction of sp³-hybridized carbons (Fsp3) is 0.368. The molecule has 8 nitrogen and oxygen atoms in total. The van der Waals surface area contributed by atoms with Crippen molar-refractivity contribution >= 4 is 22.1 Å². The van der Waals surface area contributed by atoms with E-state index in [1.165, 1.54) is 0 Å². The summed E-state index contributed by atoms with van der Waals surface area (Å²) in [5.41, 5.74) is 3.95. The van der Waals surface area contributed by atoms with Crippen LogP contribution in [-0.2, 0) is 0 Å². The number of rotatable bonds is 3. The minimum atomic E-state index is 0.0779.